The molecule has 0 aliphatic carbocycles. The van der Waals surface area contributed by atoms with Gasteiger partial charge in [-0.3, -0.25) is 4.79 Å². The Hall–Kier alpha value is -3.49. The minimum absolute atomic E-state index is 0.0679. The average molecular weight is 437 g/mol. The SMILES string of the molecule is COc1cc(/C=C/C(=O)OC(C)C(=O)NC(C)c2ccc(F)cc2)ccc1OC(F)F. The maximum Gasteiger partial charge on any atom is 0.387 e. The van der Waals surface area contributed by atoms with Crippen LogP contribution < -0.4 is 14.8 Å². The van der Waals surface area contributed by atoms with Gasteiger partial charge in [-0.1, -0.05) is 18.2 Å². The van der Waals surface area contributed by atoms with Crippen molar-refractivity contribution in [2.45, 2.75) is 32.6 Å². The van der Waals surface area contributed by atoms with Gasteiger partial charge in [0.2, 0.25) is 0 Å². The highest BCUT2D eigenvalue weighted by molar-refractivity contribution is 5.90. The van der Waals surface area contributed by atoms with Gasteiger partial charge in [0.1, 0.15) is 5.82 Å². The van der Waals surface area contributed by atoms with Crippen molar-refractivity contribution in [3.63, 3.8) is 0 Å². The van der Waals surface area contributed by atoms with Crippen molar-refractivity contribution < 1.29 is 37.0 Å². The summed E-state index contributed by atoms with van der Waals surface area (Å²) >= 11 is 0. The number of rotatable bonds is 9. The van der Waals surface area contributed by atoms with E-state index in [1.54, 1.807) is 19.1 Å². The first-order valence-corrected chi connectivity index (χ1v) is 9.27. The zero-order valence-electron chi connectivity index (χ0n) is 17.1. The third kappa shape index (κ3) is 7.36. The second kappa shape index (κ2) is 11.1. The molecule has 2 rings (SSSR count). The van der Waals surface area contributed by atoms with Gasteiger partial charge in [-0.15, -0.1) is 0 Å². The molecule has 0 saturated carbocycles. The molecule has 166 valence electrons. The number of alkyl halides is 2. The summed E-state index contributed by atoms with van der Waals surface area (Å²) in [5.74, 6) is -1.75. The smallest absolute Gasteiger partial charge is 0.387 e. The lowest BCUT2D eigenvalue weighted by molar-refractivity contribution is -0.150. The van der Waals surface area contributed by atoms with Gasteiger partial charge in [-0.25, -0.2) is 9.18 Å². The van der Waals surface area contributed by atoms with Gasteiger partial charge >= 0.3 is 12.6 Å². The van der Waals surface area contributed by atoms with Crippen LogP contribution in [0, 0.1) is 5.82 Å². The Morgan fingerprint density at radius 2 is 1.71 bits per heavy atom. The van der Waals surface area contributed by atoms with Crippen LogP contribution in [0.2, 0.25) is 0 Å². The average Bonchev–Trinajstić information content (AvgIpc) is 2.72. The van der Waals surface area contributed by atoms with Gasteiger partial charge in [0, 0.05) is 6.08 Å². The third-order valence-electron chi connectivity index (χ3n) is 4.21. The molecular formula is C22H22F3NO5. The molecule has 9 heteroatoms. The number of methoxy groups -OCH3 is 1. The highest BCUT2D eigenvalue weighted by atomic mass is 19.3. The van der Waals surface area contributed by atoms with Crippen molar-refractivity contribution in [3.05, 3.63) is 65.5 Å². The van der Waals surface area contributed by atoms with Crippen molar-refractivity contribution in [3.8, 4) is 11.5 Å². The largest absolute Gasteiger partial charge is 0.493 e. The Balaban J connectivity index is 1.92. The van der Waals surface area contributed by atoms with Gasteiger partial charge < -0.3 is 19.5 Å². The number of carbonyl (C=O) groups is 2. The van der Waals surface area contributed by atoms with Crippen LogP contribution in [0.5, 0.6) is 11.5 Å². The Labute approximate surface area is 177 Å². The molecule has 0 spiro atoms. The summed E-state index contributed by atoms with van der Waals surface area (Å²) < 4.78 is 52.1. The maximum atomic E-state index is 13.0. The molecule has 0 aliphatic rings. The van der Waals surface area contributed by atoms with Crippen LogP contribution in [0.3, 0.4) is 0 Å². The number of amides is 1. The molecule has 0 fully saturated rings. The second-order valence-electron chi connectivity index (χ2n) is 6.48. The fraction of sp³-hybridized carbons (Fsp3) is 0.273. The Kier molecular flexibility index (Phi) is 8.48. The van der Waals surface area contributed by atoms with Crippen molar-refractivity contribution in [1.29, 1.82) is 0 Å². The topological polar surface area (TPSA) is 73.9 Å². The molecule has 0 aromatic heterocycles. The van der Waals surface area contributed by atoms with Gasteiger partial charge in [0.05, 0.1) is 13.2 Å². The lowest BCUT2D eigenvalue weighted by Gasteiger charge is -2.18. The Bertz CT molecular complexity index is 931. The third-order valence-corrected chi connectivity index (χ3v) is 4.21. The number of hydrogen-bond donors (Lipinski definition) is 1. The first-order chi connectivity index (χ1) is 14.7. The van der Waals surface area contributed by atoms with Crippen molar-refractivity contribution in [2.24, 2.45) is 0 Å². The van der Waals surface area contributed by atoms with E-state index in [0.717, 1.165) is 6.08 Å². The lowest BCUT2D eigenvalue weighted by Crippen LogP contribution is -2.37. The number of ether oxygens (including phenoxy) is 3. The van der Waals surface area contributed by atoms with Crippen LogP contribution in [0.25, 0.3) is 6.08 Å². The Morgan fingerprint density at radius 3 is 2.32 bits per heavy atom. The highest BCUT2D eigenvalue weighted by Gasteiger charge is 2.19. The number of benzene rings is 2. The van der Waals surface area contributed by atoms with Crippen LogP contribution >= 0.6 is 0 Å². The summed E-state index contributed by atoms with van der Waals surface area (Å²) in [5, 5.41) is 2.68. The molecular weight excluding hydrogens is 415 g/mol. The maximum absolute atomic E-state index is 13.0. The number of carbonyl (C=O) groups excluding carboxylic acids is 2. The molecule has 0 aliphatic heterocycles. The standard InChI is InChI=1S/C22H22F3NO5/c1-13(16-6-8-17(23)9-7-16)26-21(28)14(2)30-20(27)11-5-15-4-10-18(31-22(24)25)19(12-15)29-3/h4-14,22H,1-3H3,(H,26,28)/b11-5+. The van der Waals surface area contributed by atoms with Gasteiger partial charge in [-0.2, -0.15) is 8.78 Å². The summed E-state index contributed by atoms with van der Waals surface area (Å²) in [6.07, 6.45) is 1.40. The highest BCUT2D eigenvalue weighted by Crippen LogP contribution is 2.29. The fourth-order valence-electron chi connectivity index (χ4n) is 2.58. The fourth-order valence-corrected chi connectivity index (χ4v) is 2.58. The van der Waals surface area contributed by atoms with Crippen LogP contribution in [-0.4, -0.2) is 31.7 Å². The van der Waals surface area contributed by atoms with E-state index in [1.807, 2.05) is 0 Å². The summed E-state index contributed by atoms with van der Waals surface area (Å²) in [6.45, 7) is 0.135. The zero-order chi connectivity index (χ0) is 23.0. The van der Waals surface area contributed by atoms with Crippen LogP contribution in [0.4, 0.5) is 13.2 Å². The molecule has 1 N–H and O–H groups in total. The minimum Gasteiger partial charge on any atom is -0.493 e. The second-order valence-corrected chi connectivity index (χ2v) is 6.48. The van der Waals surface area contributed by atoms with Crippen molar-refractivity contribution >= 4 is 18.0 Å². The molecule has 0 saturated heterocycles. The molecule has 0 radical (unpaired) electrons. The molecule has 2 aromatic carbocycles. The van der Waals surface area contributed by atoms with Crippen molar-refractivity contribution in [2.75, 3.05) is 7.11 Å². The van der Waals surface area contributed by atoms with Crippen LogP contribution in [0.1, 0.15) is 31.0 Å². The van der Waals surface area contributed by atoms with Crippen LogP contribution in [-0.2, 0) is 14.3 Å². The molecule has 1 amide bonds. The predicted molar refractivity (Wildman–Crippen MR) is 107 cm³/mol. The Morgan fingerprint density at radius 1 is 1.03 bits per heavy atom. The summed E-state index contributed by atoms with van der Waals surface area (Å²) in [5.41, 5.74) is 1.17. The number of halogens is 3. The first-order valence-electron chi connectivity index (χ1n) is 9.27. The van der Waals surface area contributed by atoms with Gasteiger partial charge in [-0.05, 0) is 55.3 Å². The monoisotopic (exact) mass is 437 g/mol. The lowest BCUT2D eigenvalue weighted by atomic mass is 10.1. The zero-order valence-corrected chi connectivity index (χ0v) is 17.1. The number of nitrogens with one attached hydrogen (secondary N) is 1. The number of hydrogen-bond acceptors (Lipinski definition) is 5. The molecule has 6 nitrogen and oxygen atoms in total. The van der Waals surface area contributed by atoms with E-state index in [-0.39, 0.29) is 17.3 Å². The van der Waals surface area contributed by atoms with E-state index in [0.29, 0.717) is 11.1 Å². The molecule has 2 unspecified atom stereocenters. The van der Waals surface area contributed by atoms with Gasteiger partial charge in [0.15, 0.2) is 17.6 Å². The van der Waals surface area contributed by atoms with Gasteiger partial charge in [0.25, 0.3) is 5.91 Å². The number of esters is 1. The van der Waals surface area contributed by atoms with E-state index in [4.69, 9.17) is 9.47 Å². The minimum atomic E-state index is -3.00. The quantitative estimate of drug-likeness (QED) is 0.469. The molecule has 31 heavy (non-hydrogen) atoms. The summed E-state index contributed by atoms with van der Waals surface area (Å²) in [6, 6.07) is 9.39. The van der Waals surface area contributed by atoms with Crippen molar-refractivity contribution in [1.82, 2.24) is 5.32 Å². The first kappa shape index (κ1) is 23.8. The van der Waals surface area contributed by atoms with E-state index >= 15 is 0 Å². The predicted octanol–water partition coefficient (Wildman–Crippen LogP) is 4.26. The molecule has 2 aromatic rings. The van der Waals surface area contributed by atoms with E-state index in [1.165, 1.54) is 50.4 Å². The van der Waals surface area contributed by atoms with Crippen LogP contribution in [0.15, 0.2) is 48.5 Å². The molecule has 2 atom stereocenters. The summed E-state index contributed by atoms with van der Waals surface area (Å²) in [4.78, 5) is 24.2. The van der Waals surface area contributed by atoms with E-state index in [9.17, 15) is 22.8 Å². The van der Waals surface area contributed by atoms with E-state index < -0.39 is 30.6 Å². The molecule has 0 heterocycles. The summed E-state index contributed by atoms with van der Waals surface area (Å²) in [7, 11) is 1.29. The normalized spacial score (nSPS) is 13.0. The molecule has 0 bridgehead atoms. The van der Waals surface area contributed by atoms with E-state index in [2.05, 4.69) is 10.1 Å².